The van der Waals surface area contributed by atoms with Crippen LogP contribution in [0.2, 0.25) is 0 Å². The Kier molecular flexibility index (Phi) is 7.53. The van der Waals surface area contributed by atoms with Gasteiger partial charge in [0.2, 0.25) is 11.8 Å². The van der Waals surface area contributed by atoms with Crippen molar-refractivity contribution >= 4 is 0 Å². The summed E-state index contributed by atoms with van der Waals surface area (Å²) in [4.78, 5) is 2.47. The van der Waals surface area contributed by atoms with Gasteiger partial charge in [0.1, 0.15) is 11.5 Å². The van der Waals surface area contributed by atoms with Gasteiger partial charge in [0.15, 0.2) is 0 Å². The molecule has 1 fully saturated rings. The number of piperidine rings is 1. The van der Waals surface area contributed by atoms with Crippen molar-refractivity contribution in [3.63, 3.8) is 0 Å². The maximum absolute atomic E-state index is 5.90. The second-order valence-corrected chi connectivity index (χ2v) is 8.55. The minimum atomic E-state index is 0.187. The third-order valence-electron chi connectivity index (χ3n) is 5.87. The highest BCUT2D eigenvalue weighted by Gasteiger charge is 2.26. The van der Waals surface area contributed by atoms with E-state index in [4.69, 9.17) is 13.9 Å². The van der Waals surface area contributed by atoms with Crippen LogP contribution in [0.25, 0.3) is 0 Å². The number of benzene rings is 1. The fourth-order valence-corrected chi connectivity index (χ4v) is 4.03. The van der Waals surface area contributed by atoms with Crippen LogP contribution in [0, 0.1) is 11.8 Å². The summed E-state index contributed by atoms with van der Waals surface area (Å²) in [7, 11) is 3.40. The molecule has 1 atom stereocenters. The molecule has 160 valence electrons. The number of rotatable bonds is 9. The Balaban J connectivity index is 1.48. The molecule has 1 aromatic heterocycles. The van der Waals surface area contributed by atoms with Crippen LogP contribution in [0.4, 0.5) is 0 Å². The normalized spacial score (nSPS) is 16.9. The van der Waals surface area contributed by atoms with Crippen LogP contribution in [0.1, 0.15) is 63.4 Å². The number of hydrogen-bond donors (Lipinski definition) is 0. The number of hydrogen-bond acceptors (Lipinski definition) is 6. The van der Waals surface area contributed by atoms with Crippen molar-refractivity contribution in [1.29, 1.82) is 0 Å². The van der Waals surface area contributed by atoms with Gasteiger partial charge < -0.3 is 13.9 Å². The number of nitrogens with zero attached hydrogens (tertiary/aromatic N) is 3. The Labute approximate surface area is 174 Å². The number of aryl methyl sites for hydroxylation is 1. The minimum Gasteiger partial charge on any atom is -0.497 e. The fraction of sp³-hybridized carbons (Fsp3) is 0.652. The van der Waals surface area contributed by atoms with Gasteiger partial charge in [0.25, 0.3) is 0 Å². The molecule has 6 heteroatoms. The van der Waals surface area contributed by atoms with E-state index in [1.54, 1.807) is 14.2 Å². The van der Waals surface area contributed by atoms with Gasteiger partial charge in [-0.05, 0) is 75.2 Å². The van der Waals surface area contributed by atoms with Crippen LogP contribution >= 0.6 is 0 Å². The van der Waals surface area contributed by atoms with Crippen molar-refractivity contribution in [3.05, 3.63) is 35.5 Å². The molecule has 0 aliphatic carbocycles. The van der Waals surface area contributed by atoms with Gasteiger partial charge in [-0.15, -0.1) is 10.2 Å². The Morgan fingerprint density at radius 2 is 1.69 bits per heavy atom. The van der Waals surface area contributed by atoms with E-state index in [0.717, 1.165) is 55.1 Å². The van der Waals surface area contributed by atoms with Crippen LogP contribution in [0.15, 0.2) is 22.6 Å². The zero-order valence-corrected chi connectivity index (χ0v) is 18.5. The lowest BCUT2D eigenvalue weighted by Crippen LogP contribution is -2.36. The van der Waals surface area contributed by atoms with Crippen LogP contribution < -0.4 is 9.47 Å². The highest BCUT2D eigenvalue weighted by Crippen LogP contribution is 2.30. The molecule has 2 heterocycles. The molecular formula is C23H35N3O3. The first-order valence-electron chi connectivity index (χ1n) is 10.8. The first-order valence-corrected chi connectivity index (χ1v) is 10.8. The Bertz CT molecular complexity index is 744. The highest BCUT2D eigenvalue weighted by atomic mass is 16.5. The van der Waals surface area contributed by atoms with E-state index >= 15 is 0 Å². The zero-order valence-electron chi connectivity index (χ0n) is 18.5. The molecular weight excluding hydrogens is 366 g/mol. The summed E-state index contributed by atoms with van der Waals surface area (Å²) in [6.07, 6.45) is 5.50. The molecule has 1 unspecified atom stereocenters. The second kappa shape index (κ2) is 10.1. The third-order valence-corrected chi connectivity index (χ3v) is 5.87. The van der Waals surface area contributed by atoms with Gasteiger partial charge in [-0.1, -0.05) is 13.8 Å². The average molecular weight is 402 g/mol. The number of ether oxygens (including phenoxy) is 2. The summed E-state index contributed by atoms with van der Waals surface area (Å²) < 4.78 is 16.7. The molecule has 0 bridgehead atoms. The van der Waals surface area contributed by atoms with Crippen molar-refractivity contribution in [2.45, 2.75) is 58.9 Å². The molecule has 2 aromatic rings. The molecule has 0 saturated carbocycles. The van der Waals surface area contributed by atoms with Crippen LogP contribution in [0.3, 0.4) is 0 Å². The van der Waals surface area contributed by atoms with Gasteiger partial charge in [0.05, 0.1) is 20.3 Å². The van der Waals surface area contributed by atoms with E-state index in [9.17, 15) is 0 Å². The maximum atomic E-state index is 5.90. The standard InChI is InChI=1S/C23H35N3O3/c1-16(2)12-22-24-25-23(29-22)17(3)26-10-8-18(9-11-26)6-7-19-13-20(27-4)15-21(14-19)28-5/h13-18H,6-12H2,1-5H3. The minimum absolute atomic E-state index is 0.187. The van der Waals surface area contributed by atoms with Crippen molar-refractivity contribution < 1.29 is 13.9 Å². The zero-order chi connectivity index (χ0) is 20.8. The third kappa shape index (κ3) is 5.95. The topological polar surface area (TPSA) is 60.6 Å². The van der Waals surface area contributed by atoms with E-state index < -0.39 is 0 Å². The first kappa shape index (κ1) is 21.6. The van der Waals surface area contributed by atoms with Crippen LogP contribution in [-0.2, 0) is 12.8 Å². The lowest BCUT2D eigenvalue weighted by atomic mass is 9.90. The first-order chi connectivity index (χ1) is 14.0. The van der Waals surface area contributed by atoms with Crippen LogP contribution in [0.5, 0.6) is 11.5 Å². The number of aromatic nitrogens is 2. The molecule has 1 aliphatic heterocycles. The summed E-state index contributed by atoms with van der Waals surface area (Å²) in [5, 5.41) is 8.50. The van der Waals surface area contributed by atoms with Crippen LogP contribution in [-0.4, -0.2) is 42.4 Å². The highest BCUT2D eigenvalue weighted by molar-refractivity contribution is 5.38. The number of likely N-dealkylation sites (tertiary alicyclic amines) is 1. The smallest absolute Gasteiger partial charge is 0.233 e. The monoisotopic (exact) mass is 401 g/mol. The molecule has 0 amide bonds. The van der Waals surface area contributed by atoms with Gasteiger partial charge in [-0.25, -0.2) is 0 Å². The molecule has 1 aromatic carbocycles. The van der Waals surface area contributed by atoms with E-state index in [1.807, 2.05) is 6.07 Å². The summed E-state index contributed by atoms with van der Waals surface area (Å²) in [5.41, 5.74) is 1.28. The van der Waals surface area contributed by atoms with E-state index in [-0.39, 0.29) is 6.04 Å². The SMILES string of the molecule is COc1cc(CCC2CCN(C(C)c3nnc(CC(C)C)o3)CC2)cc(OC)c1. The summed E-state index contributed by atoms with van der Waals surface area (Å²) >= 11 is 0. The lowest BCUT2D eigenvalue weighted by Gasteiger charge is -2.34. The Morgan fingerprint density at radius 3 is 2.28 bits per heavy atom. The quantitative estimate of drug-likeness (QED) is 0.607. The fourth-order valence-electron chi connectivity index (χ4n) is 4.03. The van der Waals surface area contributed by atoms with E-state index in [0.29, 0.717) is 5.92 Å². The predicted octanol–water partition coefficient (Wildman–Crippen LogP) is 4.69. The predicted molar refractivity (Wildman–Crippen MR) is 113 cm³/mol. The van der Waals surface area contributed by atoms with E-state index in [1.165, 1.54) is 24.8 Å². The van der Waals surface area contributed by atoms with Crippen molar-refractivity contribution in [1.82, 2.24) is 15.1 Å². The van der Waals surface area contributed by atoms with Gasteiger partial charge in [-0.3, -0.25) is 4.90 Å². The molecule has 0 spiro atoms. The molecule has 0 radical (unpaired) electrons. The molecule has 29 heavy (non-hydrogen) atoms. The van der Waals surface area contributed by atoms with Crippen molar-refractivity contribution in [2.75, 3.05) is 27.3 Å². The largest absolute Gasteiger partial charge is 0.497 e. The molecule has 3 rings (SSSR count). The van der Waals surface area contributed by atoms with Gasteiger partial charge >= 0.3 is 0 Å². The number of methoxy groups -OCH3 is 2. The Hall–Kier alpha value is -2.08. The van der Waals surface area contributed by atoms with Gasteiger partial charge in [-0.2, -0.15) is 0 Å². The van der Waals surface area contributed by atoms with Crippen molar-refractivity contribution in [2.24, 2.45) is 11.8 Å². The molecule has 1 saturated heterocycles. The summed E-state index contributed by atoms with van der Waals surface area (Å²) in [6.45, 7) is 8.67. The Morgan fingerprint density at radius 1 is 1.03 bits per heavy atom. The second-order valence-electron chi connectivity index (χ2n) is 8.55. The maximum Gasteiger partial charge on any atom is 0.233 e. The van der Waals surface area contributed by atoms with E-state index in [2.05, 4.69) is 48.0 Å². The molecule has 1 aliphatic rings. The molecule has 0 N–H and O–H groups in total. The summed E-state index contributed by atoms with van der Waals surface area (Å²) in [6, 6.07) is 6.34. The molecule has 6 nitrogen and oxygen atoms in total. The lowest BCUT2D eigenvalue weighted by molar-refractivity contribution is 0.120. The van der Waals surface area contributed by atoms with Gasteiger partial charge in [0, 0.05) is 12.5 Å². The average Bonchev–Trinajstić information content (AvgIpc) is 3.19. The summed E-state index contributed by atoms with van der Waals surface area (Å²) in [5.74, 6) is 4.50. The van der Waals surface area contributed by atoms with Crippen molar-refractivity contribution in [3.8, 4) is 11.5 Å².